The molecule has 0 amide bonds. The van der Waals surface area contributed by atoms with Crippen LogP contribution in [0.4, 0.5) is 13.2 Å². The number of hydrogen-bond acceptors (Lipinski definition) is 2. The molecule has 0 spiro atoms. The van der Waals surface area contributed by atoms with Gasteiger partial charge in [-0.15, -0.1) is 0 Å². The first-order valence-corrected chi connectivity index (χ1v) is 8.21. The molecule has 2 aromatic rings. The molecule has 3 rings (SSSR count). The Bertz CT molecular complexity index is 687. The Labute approximate surface area is 139 Å². The minimum atomic E-state index is -4.38. The van der Waals surface area contributed by atoms with E-state index in [1.54, 1.807) is 24.0 Å². The third-order valence-corrected chi connectivity index (χ3v) is 5.01. The van der Waals surface area contributed by atoms with Gasteiger partial charge < -0.3 is 9.67 Å². The smallest absolute Gasteiger partial charge is 0.377 e. The molecule has 6 heteroatoms. The molecule has 1 fully saturated rings. The van der Waals surface area contributed by atoms with E-state index in [1.165, 1.54) is 12.1 Å². The summed E-state index contributed by atoms with van der Waals surface area (Å²) in [5.41, 5.74) is -1.61. The van der Waals surface area contributed by atoms with E-state index >= 15 is 0 Å². The van der Waals surface area contributed by atoms with Gasteiger partial charge in [0, 0.05) is 19.4 Å². The monoisotopic (exact) mass is 338 g/mol. The van der Waals surface area contributed by atoms with Gasteiger partial charge in [0.15, 0.2) is 0 Å². The number of alkyl halides is 3. The van der Waals surface area contributed by atoms with Crippen molar-refractivity contribution in [2.24, 2.45) is 13.0 Å². The molecule has 1 unspecified atom stereocenters. The Kier molecular flexibility index (Phi) is 4.42. The van der Waals surface area contributed by atoms with Gasteiger partial charge in [0.25, 0.3) is 0 Å². The molecule has 24 heavy (non-hydrogen) atoms. The van der Waals surface area contributed by atoms with Gasteiger partial charge in [0.05, 0.1) is 5.56 Å². The summed E-state index contributed by atoms with van der Waals surface area (Å²) >= 11 is 0. The number of aryl methyl sites for hydroxylation is 1. The summed E-state index contributed by atoms with van der Waals surface area (Å²) in [6, 6.07) is 4.83. The molecule has 1 aliphatic carbocycles. The third kappa shape index (κ3) is 2.95. The summed E-state index contributed by atoms with van der Waals surface area (Å²) in [6.07, 6.45) is 3.79. The van der Waals surface area contributed by atoms with Crippen LogP contribution in [-0.4, -0.2) is 14.7 Å². The molecule has 1 aromatic heterocycles. The molecule has 0 radical (unpaired) electrons. The summed E-state index contributed by atoms with van der Waals surface area (Å²) < 4.78 is 40.2. The van der Waals surface area contributed by atoms with Crippen molar-refractivity contribution >= 4 is 0 Å². The van der Waals surface area contributed by atoms with Gasteiger partial charge in [-0.3, -0.25) is 0 Å². The van der Waals surface area contributed by atoms with Crippen molar-refractivity contribution in [2.75, 3.05) is 0 Å². The topological polar surface area (TPSA) is 38.0 Å². The molecule has 1 atom stereocenters. The lowest BCUT2D eigenvalue weighted by Gasteiger charge is -2.38. The van der Waals surface area contributed by atoms with Crippen molar-refractivity contribution in [3.8, 4) is 0 Å². The Morgan fingerprint density at radius 2 is 1.62 bits per heavy atom. The minimum absolute atomic E-state index is 0.0518. The van der Waals surface area contributed by atoms with E-state index in [1.807, 2.05) is 0 Å². The highest BCUT2D eigenvalue weighted by Gasteiger charge is 2.44. The van der Waals surface area contributed by atoms with Gasteiger partial charge in [-0.25, -0.2) is 4.98 Å². The number of aliphatic hydroxyl groups is 1. The molecule has 1 N–H and O–H groups in total. The summed E-state index contributed by atoms with van der Waals surface area (Å²) in [7, 11) is 1.79. The van der Waals surface area contributed by atoms with Crippen LogP contribution >= 0.6 is 0 Å². The van der Waals surface area contributed by atoms with E-state index in [0.29, 0.717) is 11.4 Å². The van der Waals surface area contributed by atoms with E-state index in [0.717, 1.165) is 44.2 Å². The van der Waals surface area contributed by atoms with Crippen molar-refractivity contribution in [1.82, 2.24) is 9.55 Å². The van der Waals surface area contributed by atoms with E-state index in [9.17, 15) is 18.3 Å². The van der Waals surface area contributed by atoms with Crippen LogP contribution in [0.25, 0.3) is 0 Å². The van der Waals surface area contributed by atoms with E-state index in [4.69, 9.17) is 0 Å². The largest absolute Gasteiger partial charge is 0.416 e. The first-order valence-electron chi connectivity index (χ1n) is 8.21. The fraction of sp³-hybridized carbons (Fsp3) is 0.500. The van der Waals surface area contributed by atoms with Crippen LogP contribution in [-0.2, 0) is 18.8 Å². The van der Waals surface area contributed by atoms with Crippen LogP contribution in [0, 0.1) is 5.92 Å². The number of benzene rings is 1. The SMILES string of the molecule is Cn1ccnc1C(O)(c1ccc(C(F)(F)F)cc1)C1CCCCC1. The van der Waals surface area contributed by atoms with Crippen LogP contribution in [0.1, 0.15) is 49.1 Å². The second-order valence-electron chi connectivity index (χ2n) is 6.54. The minimum Gasteiger partial charge on any atom is -0.377 e. The summed E-state index contributed by atoms with van der Waals surface area (Å²) in [5, 5.41) is 11.6. The molecule has 0 saturated heterocycles. The van der Waals surface area contributed by atoms with Crippen molar-refractivity contribution < 1.29 is 18.3 Å². The molecule has 3 nitrogen and oxygen atoms in total. The van der Waals surface area contributed by atoms with Gasteiger partial charge in [-0.05, 0) is 36.5 Å². The maximum atomic E-state index is 12.8. The predicted octanol–water partition coefficient (Wildman–Crippen LogP) is 4.26. The zero-order valence-corrected chi connectivity index (χ0v) is 13.6. The molecule has 0 bridgehead atoms. The molecule has 1 aliphatic rings. The Hall–Kier alpha value is -1.82. The normalized spacial score (nSPS) is 19.2. The number of halogens is 3. The highest BCUT2D eigenvalue weighted by molar-refractivity contribution is 5.34. The Balaban J connectivity index is 2.06. The van der Waals surface area contributed by atoms with Gasteiger partial charge in [0.2, 0.25) is 0 Å². The molecule has 1 heterocycles. The van der Waals surface area contributed by atoms with Crippen molar-refractivity contribution in [3.05, 3.63) is 53.6 Å². The highest BCUT2D eigenvalue weighted by Crippen LogP contribution is 2.43. The quantitative estimate of drug-likeness (QED) is 0.908. The third-order valence-electron chi connectivity index (χ3n) is 5.01. The predicted molar refractivity (Wildman–Crippen MR) is 84.2 cm³/mol. The summed E-state index contributed by atoms with van der Waals surface area (Å²) in [6.45, 7) is 0. The van der Waals surface area contributed by atoms with E-state index < -0.39 is 17.3 Å². The number of hydrogen-bond donors (Lipinski definition) is 1. The van der Waals surface area contributed by atoms with Gasteiger partial charge in [0.1, 0.15) is 11.4 Å². The molecular formula is C18H21F3N2O. The number of rotatable bonds is 3. The number of imidazole rings is 1. The molecule has 0 aliphatic heterocycles. The first kappa shape index (κ1) is 17.0. The van der Waals surface area contributed by atoms with E-state index in [2.05, 4.69) is 4.98 Å². The molecule has 1 saturated carbocycles. The van der Waals surface area contributed by atoms with Crippen molar-refractivity contribution in [1.29, 1.82) is 0 Å². The lowest BCUT2D eigenvalue weighted by atomic mass is 9.72. The maximum Gasteiger partial charge on any atom is 0.416 e. The standard InChI is InChI=1S/C18H21F3N2O/c1-23-12-11-22-16(23)17(24,13-5-3-2-4-6-13)14-7-9-15(10-8-14)18(19,20)21/h7-13,24H,2-6H2,1H3. The van der Waals surface area contributed by atoms with Crippen molar-refractivity contribution in [3.63, 3.8) is 0 Å². The van der Waals surface area contributed by atoms with Gasteiger partial charge >= 0.3 is 6.18 Å². The van der Waals surface area contributed by atoms with Crippen LogP contribution in [0.3, 0.4) is 0 Å². The van der Waals surface area contributed by atoms with Crippen LogP contribution in [0.5, 0.6) is 0 Å². The second kappa shape index (κ2) is 6.24. The lowest BCUT2D eigenvalue weighted by Crippen LogP contribution is -2.40. The van der Waals surface area contributed by atoms with E-state index in [-0.39, 0.29) is 5.92 Å². The fourth-order valence-corrected chi connectivity index (χ4v) is 3.71. The van der Waals surface area contributed by atoms with Crippen LogP contribution in [0.2, 0.25) is 0 Å². The van der Waals surface area contributed by atoms with Crippen LogP contribution < -0.4 is 0 Å². The lowest BCUT2D eigenvalue weighted by molar-refractivity contribution is -0.137. The molecular weight excluding hydrogens is 317 g/mol. The zero-order valence-electron chi connectivity index (χ0n) is 13.6. The number of aromatic nitrogens is 2. The summed E-state index contributed by atoms with van der Waals surface area (Å²) in [4.78, 5) is 4.30. The average Bonchev–Trinajstić information content (AvgIpc) is 3.01. The molecule has 130 valence electrons. The Morgan fingerprint density at radius 3 is 2.12 bits per heavy atom. The van der Waals surface area contributed by atoms with Crippen LogP contribution in [0.15, 0.2) is 36.7 Å². The number of nitrogens with zero attached hydrogens (tertiary/aromatic N) is 2. The Morgan fingerprint density at radius 1 is 1.04 bits per heavy atom. The van der Waals surface area contributed by atoms with Crippen molar-refractivity contribution in [2.45, 2.75) is 43.9 Å². The zero-order chi connectivity index (χ0) is 17.4. The average molecular weight is 338 g/mol. The fourth-order valence-electron chi connectivity index (χ4n) is 3.71. The second-order valence-corrected chi connectivity index (χ2v) is 6.54. The van der Waals surface area contributed by atoms with Gasteiger partial charge in [-0.1, -0.05) is 31.4 Å². The van der Waals surface area contributed by atoms with Gasteiger partial charge in [-0.2, -0.15) is 13.2 Å². The highest BCUT2D eigenvalue weighted by atomic mass is 19.4. The summed E-state index contributed by atoms with van der Waals surface area (Å²) in [5.74, 6) is 0.429. The maximum absolute atomic E-state index is 12.8. The first-order chi connectivity index (χ1) is 11.3. The molecule has 1 aromatic carbocycles.